The largest absolute Gasteiger partial charge is 0.493 e. The number of hydrogen-bond donors (Lipinski definition) is 1. The number of ether oxygens (including phenoxy) is 2. The van der Waals surface area contributed by atoms with Crippen LogP contribution in [-0.2, 0) is 0 Å². The van der Waals surface area contributed by atoms with Crippen molar-refractivity contribution in [1.82, 2.24) is 10.2 Å². The maximum absolute atomic E-state index is 12.8. The molecule has 5 nitrogen and oxygen atoms in total. The van der Waals surface area contributed by atoms with Gasteiger partial charge in [-0.2, -0.15) is 0 Å². The molecule has 1 amide bonds. The molecule has 1 unspecified atom stereocenters. The summed E-state index contributed by atoms with van der Waals surface area (Å²) >= 11 is 1.73. The first kappa shape index (κ1) is 19.2. The van der Waals surface area contributed by atoms with Crippen LogP contribution >= 0.6 is 11.3 Å². The van der Waals surface area contributed by atoms with Gasteiger partial charge >= 0.3 is 0 Å². The zero-order valence-electron chi connectivity index (χ0n) is 16.0. The second-order valence-electron chi connectivity index (χ2n) is 6.42. The van der Waals surface area contributed by atoms with Crippen LogP contribution in [0.3, 0.4) is 0 Å². The van der Waals surface area contributed by atoms with E-state index in [0.29, 0.717) is 23.6 Å². The molecule has 0 bridgehead atoms. The van der Waals surface area contributed by atoms with E-state index in [2.05, 4.69) is 27.7 Å². The minimum atomic E-state index is -0.183. The molecule has 6 heteroatoms. The molecule has 0 aliphatic heterocycles. The molecule has 1 heterocycles. The molecule has 27 heavy (non-hydrogen) atoms. The quantitative estimate of drug-likeness (QED) is 0.670. The summed E-state index contributed by atoms with van der Waals surface area (Å²) in [6, 6.07) is 13.7. The standard InChI is InChI=1S/C21H24N2O3S/c1-23(2)17(16-13-27-19-11-6-5-8-14(16)19)12-22-21(24)15-9-7-10-18(25-3)20(15)26-4/h5-11,13,17H,12H2,1-4H3,(H,22,24). The van der Waals surface area contributed by atoms with Crippen molar-refractivity contribution in [3.05, 3.63) is 59.0 Å². The third-order valence-electron chi connectivity index (χ3n) is 4.60. The highest BCUT2D eigenvalue weighted by molar-refractivity contribution is 7.17. The molecule has 1 N–H and O–H groups in total. The van der Waals surface area contributed by atoms with Gasteiger partial charge in [0.15, 0.2) is 11.5 Å². The molecule has 0 aliphatic rings. The number of methoxy groups -OCH3 is 2. The average Bonchev–Trinajstić information content (AvgIpc) is 3.11. The molecule has 0 spiro atoms. The molecule has 3 rings (SSSR count). The normalized spacial score (nSPS) is 12.2. The molecule has 1 aromatic heterocycles. The number of likely N-dealkylation sites (N-methyl/N-ethyl adjacent to an activating group) is 1. The van der Waals surface area contributed by atoms with Crippen LogP contribution in [0.2, 0.25) is 0 Å². The van der Waals surface area contributed by atoms with Crippen molar-refractivity contribution in [3.63, 3.8) is 0 Å². The fourth-order valence-corrected chi connectivity index (χ4v) is 4.19. The topological polar surface area (TPSA) is 50.8 Å². The molecule has 0 saturated heterocycles. The van der Waals surface area contributed by atoms with Crippen LogP contribution in [0, 0.1) is 0 Å². The highest BCUT2D eigenvalue weighted by atomic mass is 32.1. The Bertz CT molecular complexity index is 936. The zero-order chi connectivity index (χ0) is 19.4. The molecule has 0 radical (unpaired) electrons. The van der Waals surface area contributed by atoms with Crippen molar-refractivity contribution in [2.24, 2.45) is 0 Å². The summed E-state index contributed by atoms with van der Waals surface area (Å²) in [5, 5.41) is 6.45. The van der Waals surface area contributed by atoms with E-state index in [1.807, 2.05) is 26.2 Å². The van der Waals surface area contributed by atoms with E-state index >= 15 is 0 Å². The van der Waals surface area contributed by atoms with Crippen molar-refractivity contribution < 1.29 is 14.3 Å². The summed E-state index contributed by atoms with van der Waals surface area (Å²) in [5.41, 5.74) is 1.68. The van der Waals surface area contributed by atoms with Crippen molar-refractivity contribution in [3.8, 4) is 11.5 Å². The van der Waals surface area contributed by atoms with Crippen LogP contribution in [-0.4, -0.2) is 45.7 Å². The first-order valence-corrected chi connectivity index (χ1v) is 9.56. The van der Waals surface area contributed by atoms with E-state index in [1.54, 1.807) is 36.6 Å². The van der Waals surface area contributed by atoms with Crippen LogP contribution in [0.25, 0.3) is 10.1 Å². The lowest BCUT2D eigenvalue weighted by atomic mass is 10.0. The maximum atomic E-state index is 12.8. The molecule has 3 aromatic rings. The SMILES string of the molecule is COc1cccc(C(=O)NCC(c2csc3ccccc23)N(C)C)c1OC. The average molecular weight is 385 g/mol. The third kappa shape index (κ3) is 3.91. The fraction of sp³-hybridized carbons (Fsp3) is 0.286. The summed E-state index contributed by atoms with van der Waals surface area (Å²) in [4.78, 5) is 14.9. The highest BCUT2D eigenvalue weighted by Crippen LogP contribution is 2.33. The van der Waals surface area contributed by atoms with Gasteiger partial charge in [-0.3, -0.25) is 4.79 Å². The molecule has 0 saturated carbocycles. The summed E-state index contributed by atoms with van der Waals surface area (Å²) < 4.78 is 11.9. The fourth-order valence-electron chi connectivity index (χ4n) is 3.18. The van der Waals surface area contributed by atoms with Gasteiger partial charge in [0.1, 0.15) is 0 Å². The molecule has 142 valence electrons. The Balaban J connectivity index is 1.82. The Labute approximate surface area is 163 Å². The number of thiophene rings is 1. The predicted octanol–water partition coefficient (Wildman–Crippen LogP) is 3.95. The summed E-state index contributed by atoms with van der Waals surface area (Å²) in [6.45, 7) is 0.493. The van der Waals surface area contributed by atoms with Crippen LogP contribution in [0.4, 0.5) is 0 Å². The Morgan fingerprint density at radius 2 is 1.89 bits per heavy atom. The number of nitrogens with zero attached hydrogens (tertiary/aromatic N) is 1. The van der Waals surface area contributed by atoms with E-state index in [-0.39, 0.29) is 11.9 Å². The van der Waals surface area contributed by atoms with Gasteiger partial charge in [-0.1, -0.05) is 24.3 Å². The van der Waals surface area contributed by atoms with Gasteiger partial charge in [0.05, 0.1) is 25.8 Å². The van der Waals surface area contributed by atoms with E-state index in [4.69, 9.17) is 9.47 Å². The van der Waals surface area contributed by atoms with E-state index in [1.165, 1.54) is 22.8 Å². The van der Waals surface area contributed by atoms with Crippen molar-refractivity contribution >= 4 is 27.3 Å². The second kappa shape index (κ2) is 8.41. The Morgan fingerprint density at radius 3 is 2.59 bits per heavy atom. The number of nitrogens with one attached hydrogen (secondary N) is 1. The molecule has 1 atom stereocenters. The summed E-state index contributed by atoms with van der Waals surface area (Å²) in [7, 11) is 7.14. The minimum absolute atomic E-state index is 0.0710. The smallest absolute Gasteiger partial charge is 0.255 e. The van der Waals surface area contributed by atoms with E-state index in [0.717, 1.165) is 0 Å². The number of hydrogen-bond acceptors (Lipinski definition) is 5. The number of rotatable bonds is 7. The van der Waals surface area contributed by atoms with Gasteiger partial charge in [0, 0.05) is 11.2 Å². The van der Waals surface area contributed by atoms with E-state index < -0.39 is 0 Å². The monoisotopic (exact) mass is 384 g/mol. The third-order valence-corrected chi connectivity index (χ3v) is 5.58. The number of para-hydroxylation sites is 1. The number of benzene rings is 2. The van der Waals surface area contributed by atoms with Gasteiger partial charge in [-0.15, -0.1) is 11.3 Å². The highest BCUT2D eigenvalue weighted by Gasteiger charge is 2.21. The van der Waals surface area contributed by atoms with Gasteiger partial charge in [-0.05, 0) is 48.6 Å². The Kier molecular flexibility index (Phi) is 5.98. The number of carbonyl (C=O) groups is 1. The maximum Gasteiger partial charge on any atom is 0.255 e. The molecule has 0 fully saturated rings. The predicted molar refractivity (Wildman–Crippen MR) is 110 cm³/mol. The zero-order valence-corrected chi connectivity index (χ0v) is 16.8. The lowest BCUT2D eigenvalue weighted by Gasteiger charge is -2.25. The lowest BCUT2D eigenvalue weighted by molar-refractivity contribution is 0.0938. The second-order valence-corrected chi connectivity index (χ2v) is 7.33. The summed E-state index contributed by atoms with van der Waals surface area (Å²) in [5.74, 6) is 0.801. The van der Waals surface area contributed by atoms with Crippen LogP contribution in [0.15, 0.2) is 47.8 Å². The first-order valence-electron chi connectivity index (χ1n) is 8.68. The Hall–Kier alpha value is -2.57. The first-order chi connectivity index (χ1) is 13.1. The number of fused-ring (bicyclic) bond motifs is 1. The number of carbonyl (C=O) groups excluding carboxylic acids is 1. The van der Waals surface area contributed by atoms with Gasteiger partial charge in [0.2, 0.25) is 0 Å². The van der Waals surface area contributed by atoms with Crippen LogP contribution in [0.1, 0.15) is 22.0 Å². The summed E-state index contributed by atoms with van der Waals surface area (Å²) in [6.07, 6.45) is 0. The van der Waals surface area contributed by atoms with Crippen molar-refractivity contribution in [2.45, 2.75) is 6.04 Å². The van der Waals surface area contributed by atoms with Gasteiger partial charge < -0.3 is 19.7 Å². The lowest BCUT2D eigenvalue weighted by Crippen LogP contribution is -2.34. The van der Waals surface area contributed by atoms with E-state index in [9.17, 15) is 4.79 Å². The molecule has 2 aromatic carbocycles. The van der Waals surface area contributed by atoms with Crippen molar-refractivity contribution in [2.75, 3.05) is 34.9 Å². The van der Waals surface area contributed by atoms with Crippen LogP contribution in [0.5, 0.6) is 11.5 Å². The molecular formula is C21H24N2O3S. The van der Waals surface area contributed by atoms with Gasteiger partial charge in [0.25, 0.3) is 5.91 Å². The van der Waals surface area contributed by atoms with Gasteiger partial charge in [-0.25, -0.2) is 0 Å². The Morgan fingerprint density at radius 1 is 1.11 bits per heavy atom. The number of amides is 1. The molecule has 0 aliphatic carbocycles. The minimum Gasteiger partial charge on any atom is -0.493 e. The van der Waals surface area contributed by atoms with Crippen molar-refractivity contribution in [1.29, 1.82) is 0 Å². The molecular weight excluding hydrogens is 360 g/mol. The van der Waals surface area contributed by atoms with Crippen LogP contribution < -0.4 is 14.8 Å².